The highest BCUT2D eigenvalue weighted by Gasteiger charge is 2.31. The Morgan fingerprint density at radius 2 is 1.83 bits per heavy atom. The number of fused-ring (bicyclic) bond motifs is 1. The molecule has 2 aromatic rings. The zero-order chi connectivity index (χ0) is 12.5. The quantitative estimate of drug-likeness (QED) is 0.900. The Labute approximate surface area is 114 Å². The molecule has 0 radical (unpaired) electrons. The van der Waals surface area contributed by atoms with E-state index in [1.165, 1.54) is 5.56 Å². The molecule has 0 saturated heterocycles. The Morgan fingerprint density at radius 1 is 1.11 bits per heavy atom. The summed E-state index contributed by atoms with van der Waals surface area (Å²) in [5.41, 5.74) is 3.26. The van der Waals surface area contributed by atoms with Gasteiger partial charge < -0.3 is 5.32 Å². The van der Waals surface area contributed by atoms with Crippen LogP contribution < -0.4 is 5.32 Å². The van der Waals surface area contributed by atoms with Crippen LogP contribution in [0.25, 0.3) is 0 Å². The van der Waals surface area contributed by atoms with E-state index in [4.69, 9.17) is 0 Å². The maximum Gasteiger partial charge on any atom is 0.232 e. The largest absolute Gasteiger partial charge is 0.325 e. The molecule has 90 valence electrons. The maximum atomic E-state index is 12.2. The molecule has 1 aliphatic carbocycles. The van der Waals surface area contributed by atoms with E-state index >= 15 is 0 Å². The molecule has 0 bridgehead atoms. The zero-order valence-electron chi connectivity index (χ0n) is 9.69. The molecule has 0 spiro atoms. The normalized spacial score (nSPS) is 16.6. The van der Waals surface area contributed by atoms with Crippen LogP contribution in [0.15, 0.2) is 53.0 Å². The maximum absolute atomic E-state index is 12.2. The Balaban J connectivity index is 1.77. The smallest absolute Gasteiger partial charge is 0.232 e. The molecule has 3 rings (SSSR count). The van der Waals surface area contributed by atoms with Crippen molar-refractivity contribution in [3.05, 3.63) is 64.1 Å². The van der Waals surface area contributed by atoms with E-state index in [9.17, 15) is 4.79 Å². The number of amides is 1. The van der Waals surface area contributed by atoms with Crippen LogP contribution in [-0.4, -0.2) is 5.91 Å². The molecular formula is C15H12BrNO. The number of carbonyl (C=O) groups is 1. The second-order valence-corrected chi connectivity index (χ2v) is 5.28. The lowest BCUT2D eigenvalue weighted by Crippen LogP contribution is -2.30. The fourth-order valence-electron chi connectivity index (χ4n) is 2.28. The van der Waals surface area contributed by atoms with Crippen LogP contribution in [0.4, 0.5) is 5.69 Å². The lowest BCUT2D eigenvalue weighted by molar-refractivity contribution is -0.118. The predicted molar refractivity (Wildman–Crippen MR) is 75.7 cm³/mol. The summed E-state index contributed by atoms with van der Waals surface area (Å²) in [7, 11) is 0. The first-order valence-electron chi connectivity index (χ1n) is 5.89. The minimum atomic E-state index is -0.00620. The van der Waals surface area contributed by atoms with Crippen molar-refractivity contribution < 1.29 is 4.79 Å². The van der Waals surface area contributed by atoms with Gasteiger partial charge in [-0.25, -0.2) is 0 Å². The summed E-state index contributed by atoms with van der Waals surface area (Å²) in [6, 6.07) is 15.8. The van der Waals surface area contributed by atoms with Gasteiger partial charge in [0, 0.05) is 4.47 Å². The first kappa shape index (κ1) is 11.5. The van der Waals surface area contributed by atoms with Gasteiger partial charge in [-0.3, -0.25) is 4.79 Å². The Bertz CT molecular complexity index is 609. The van der Waals surface area contributed by atoms with E-state index in [0.29, 0.717) is 0 Å². The second kappa shape index (κ2) is 4.58. The van der Waals surface area contributed by atoms with Crippen LogP contribution in [0, 0.1) is 0 Å². The van der Waals surface area contributed by atoms with Crippen molar-refractivity contribution in [1.82, 2.24) is 0 Å². The number of rotatable bonds is 2. The molecule has 1 aliphatic rings. The van der Waals surface area contributed by atoms with Gasteiger partial charge in [0.2, 0.25) is 5.91 Å². The van der Waals surface area contributed by atoms with Crippen molar-refractivity contribution in [1.29, 1.82) is 0 Å². The minimum absolute atomic E-state index is 0.00620. The molecule has 0 aliphatic heterocycles. The average Bonchev–Trinajstić information content (AvgIpc) is 2.34. The average molecular weight is 302 g/mol. The fourth-order valence-corrected chi connectivity index (χ4v) is 2.66. The highest BCUT2D eigenvalue weighted by Crippen LogP contribution is 2.36. The number of nitrogens with one attached hydrogen (secondary N) is 1. The summed E-state index contributed by atoms with van der Waals surface area (Å²) >= 11 is 3.43. The first-order valence-corrected chi connectivity index (χ1v) is 6.68. The first-order chi connectivity index (χ1) is 8.75. The van der Waals surface area contributed by atoms with E-state index in [0.717, 1.165) is 22.1 Å². The van der Waals surface area contributed by atoms with Gasteiger partial charge in [-0.2, -0.15) is 0 Å². The van der Waals surface area contributed by atoms with Crippen LogP contribution in [0.2, 0.25) is 0 Å². The van der Waals surface area contributed by atoms with Crippen molar-refractivity contribution in [3.63, 3.8) is 0 Å². The number of hydrogen-bond acceptors (Lipinski definition) is 1. The van der Waals surface area contributed by atoms with E-state index in [2.05, 4.69) is 27.3 Å². The number of halogens is 1. The Morgan fingerprint density at radius 3 is 2.61 bits per heavy atom. The number of para-hydroxylation sites is 1. The van der Waals surface area contributed by atoms with Crippen molar-refractivity contribution in [2.24, 2.45) is 0 Å². The van der Waals surface area contributed by atoms with Crippen LogP contribution >= 0.6 is 15.9 Å². The molecule has 0 saturated carbocycles. The summed E-state index contributed by atoms with van der Waals surface area (Å²) in [6.45, 7) is 0. The van der Waals surface area contributed by atoms with Gasteiger partial charge in [0.1, 0.15) is 0 Å². The molecule has 18 heavy (non-hydrogen) atoms. The highest BCUT2D eigenvalue weighted by molar-refractivity contribution is 9.10. The molecule has 2 aromatic carbocycles. The summed E-state index contributed by atoms with van der Waals surface area (Å²) in [5.74, 6) is 0.0638. The molecule has 0 heterocycles. The second-order valence-electron chi connectivity index (χ2n) is 4.42. The van der Waals surface area contributed by atoms with Crippen LogP contribution in [0.5, 0.6) is 0 Å². The van der Waals surface area contributed by atoms with E-state index in [-0.39, 0.29) is 11.8 Å². The van der Waals surface area contributed by atoms with Crippen LogP contribution in [0.1, 0.15) is 17.0 Å². The Hall–Kier alpha value is -1.61. The standard InChI is InChI=1S/C15H12BrNO/c16-13-7-3-4-8-14(13)17-15(18)12-9-10-5-1-2-6-11(10)12/h1-8,12H,9H2,(H,17,18). The lowest BCUT2D eigenvalue weighted by atomic mass is 9.77. The molecule has 0 fully saturated rings. The zero-order valence-corrected chi connectivity index (χ0v) is 11.3. The highest BCUT2D eigenvalue weighted by atomic mass is 79.9. The molecule has 1 amide bonds. The van der Waals surface area contributed by atoms with Crippen molar-refractivity contribution in [3.8, 4) is 0 Å². The van der Waals surface area contributed by atoms with Gasteiger partial charge in [0.05, 0.1) is 11.6 Å². The van der Waals surface area contributed by atoms with Gasteiger partial charge in [0.15, 0.2) is 0 Å². The van der Waals surface area contributed by atoms with Gasteiger partial charge in [-0.05, 0) is 45.6 Å². The van der Waals surface area contributed by atoms with E-state index < -0.39 is 0 Å². The monoisotopic (exact) mass is 301 g/mol. The van der Waals surface area contributed by atoms with Gasteiger partial charge >= 0.3 is 0 Å². The summed E-state index contributed by atoms with van der Waals surface area (Å²) < 4.78 is 0.908. The number of carbonyl (C=O) groups excluding carboxylic acids is 1. The fraction of sp³-hybridized carbons (Fsp3) is 0.133. The summed E-state index contributed by atoms with van der Waals surface area (Å²) in [6.07, 6.45) is 0.840. The van der Waals surface area contributed by atoms with Gasteiger partial charge in [0.25, 0.3) is 0 Å². The van der Waals surface area contributed by atoms with Crippen molar-refractivity contribution in [2.45, 2.75) is 12.3 Å². The van der Waals surface area contributed by atoms with Crippen LogP contribution in [0.3, 0.4) is 0 Å². The third-order valence-electron chi connectivity index (χ3n) is 3.30. The summed E-state index contributed by atoms with van der Waals surface area (Å²) in [5, 5.41) is 2.97. The molecule has 1 N–H and O–H groups in total. The Kier molecular flexibility index (Phi) is 2.92. The molecule has 1 atom stereocenters. The topological polar surface area (TPSA) is 29.1 Å². The molecule has 2 nitrogen and oxygen atoms in total. The molecule has 3 heteroatoms. The summed E-state index contributed by atoms with van der Waals surface area (Å²) in [4.78, 5) is 12.2. The van der Waals surface area contributed by atoms with Gasteiger partial charge in [-0.1, -0.05) is 36.4 Å². The van der Waals surface area contributed by atoms with Crippen molar-refractivity contribution >= 4 is 27.5 Å². The third-order valence-corrected chi connectivity index (χ3v) is 3.99. The predicted octanol–water partition coefficient (Wildman–Crippen LogP) is 3.73. The third kappa shape index (κ3) is 1.95. The lowest BCUT2D eigenvalue weighted by Gasteiger charge is -2.29. The van der Waals surface area contributed by atoms with Gasteiger partial charge in [-0.15, -0.1) is 0 Å². The molecule has 0 aromatic heterocycles. The number of hydrogen-bond donors (Lipinski definition) is 1. The molecular weight excluding hydrogens is 290 g/mol. The van der Waals surface area contributed by atoms with Crippen molar-refractivity contribution in [2.75, 3.05) is 5.32 Å². The minimum Gasteiger partial charge on any atom is -0.325 e. The van der Waals surface area contributed by atoms with E-state index in [1.54, 1.807) is 0 Å². The van der Waals surface area contributed by atoms with E-state index in [1.807, 2.05) is 42.5 Å². The number of anilines is 1. The molecule has 1 unspecified atom stereocenters. The SMILES string of the molecule is O=C(Nc1ccccc1Br)C1Cc2ccccc21. The number of benzene rings is 2. The van der Waals surface area contributed by atoms with Crippen LogP contribution in [-0.2, 0) is 11.2 Å².